The van der Waals surface area contributed by atoms with E-state index in [4.69, 9.17) is 5.73 Å². The Labute approximate surface area is 211 Å². The van der Waals surface area contributed by atoms with E-state index in [9.17, 15) is 5.11 Å². The van der Waals surface area contributed by atoms with Gasteiger partial charge in [0, 0.05) is 19.6 Å². The lowest BCUT2D eigenvalue weighted by molar-refractivity contribution is 0.0995. The maximum atomic E-state index is 10.1. The first-order chi connectivity index (χ1) is 17.1. The Morgan fingerprint density at radius 3 is 1.23 bits per heavy atom. The van der Waals surface area contributed by atoms with Gasteiger partial charge in [0.05, 0.1) is 6.10 Å². The summed E-state index contributed by atoms with van der Waals surface area (Å²) in [6.45, 7) is 6.99. The average molecular weight is 469 g/mol. The highest BCUT2D eigenvalue weighted by molar-refractivity contribution is 5.17. The SMILES string of the molecule is Cc1ccccc1.Cc1ccccc1.NCCC(O)CN(Cc1ccccc1)Cc1ccccc1. The summed E-state index contributed by atoms with van der Waals surface area (Å²) in [5.74, 6) is 0. The third-order valence-corrected chi connectivity index (χ3v) is 5.35. The summed E-state index contributed by atoms with van der Waals surface area (Å²) in [5.41, 5.74) is 10.7. The van der Waals surface area contributed by atoms with Crippen molar-refractivity contribution in [1.29, 1.82) is 0 Å². The van der Waals surface area contributed by atoms with Gasteiger partial charge in [-0.1, -0.05) is 132 Å². The Balaban J connectivity index is 0.000000249. The molecule has 184 valence electrons. The molecule has 3 heteroatoms. The number of aryl methyl sites for hydroxylation is 2. The molecule has 35 heavy (non-hydrogen) atoms. The molecule has 0 aliphatic carbocycles. The largest absolute Gasteiger partial charge is 0.392 e. The van der Waals surface area contributed by atoms with Crippen molar-refractivity contribution in [2.24, 2.45) is 5.73 Å². The molecule has 0 fully saturated rings. The van der Waals surface area contributed by atoms with Gasteiger partial charge in [-0.25, -0.2) is 0 Å². The minimum absolute atomic E-state index is 0.373. The second-order valence-corrected chi connectivity index (χ2v) is 8.68. The topological polar surface area (TPSA) is 49.5 Å². The number of nitrogens with zero attached hydrogens (tertiary/aromatic N) is 1. The van der Waals surface area contributed by atoms with Gasteiger partial charge >= 0.3 is 0 Å². The Kier molecular flexibility index (Phi) is 13.8. The van der Waals surface area contributed by atoms with Crippen molar-refractivity contribution in [3.8, 4) is 0 Å². The molecule has 3 nitrogen and oxygen atoms in total. The third-order valence-electron chi connectivity index (χ3n) is 5.35. The van der Waals surface area contributed by atoms with Crippen LogP contribution in [0.25, 0.3) is 0 Å². The summed E-state index contributed by atoms with van der Waals surface area (Å²) in [6.07, 6.45) is 0.266. The van der Waals surface area contributed by atoms with Gasteiger partial charge in [0.1, 0.15) is 0 Å². The second kappa shape index (κ2) is 17.2. The quantitative estimate of drug-likeness (QED) is 0.315. The Morgan fingerprint density at radius 1 is 0.600 bits per heavy atom. The molecular weight excluding hydrogens is 428 g/mol. The molecule has 0 bridgehead atoms. The summed E-state index contributed by atoms with van der Waals surface area (Å²) < 4.78 is 0. The minimum atomic E-state index is -0.373. The molecular formula is C32H40N2O. The monoisotopic (exact) mass is 468 g/mol. The number of hydrogen-bond donors (Lipinski definition) is 2. The van der Waals surface area contributed by atoms with Crippen molar-refractivity contribution in [3.63, 3.8) is 0 Å². The van der Waals surface area contributed by atoms with Gasteiger partial charge in [0.2, 0.25) is 0 Å². The molecule has 4 rings (SSSR count). The number of hydrogen-bond acceptors (Lipinski definition) is 3. The van der Waals surface area contributed by atoms with Crippen molar-refractivity contribution >= 4 is 0 Å². The lowest BCUT2D eigenvalue weighted by atomic mass is 10.1. The lowest BCUT2D eigenvalue weighted by Crippen LogP contribution is -2.32. The molecule has 0 radical (unpaired) electrons. The van der Waals surface area contributed by atoms with E-state index in [1.54, 1.807) is 0 Å². The zero-order valence-electron chi connectivity index (χ0n) is 21.1. The number of aliphatic hydroxyl groups excluding tert-OH is 1. The highest BCUT2D eigenvalue weighted by atomic mass is 16.3. The molecule has 0 saturated heterocycles. The molecule has 0 heterocycles. The average Bonchev–Trinajstić information content (AvgIpc) is 2.87. The number of benzene rings is 4. The van der Waals surface area contributed by atoms with Gasteiger partial charge in [-0.3, -0.25) is 4.90 Å². The fourth-order valence-electron chi connectivity index (χ4n) is 3.52. The Bertz CT molecular complexity index is 929. The molecule has 1 atom stereocenters. The Morgan fingerprint density at radius 2 is 0.943 bits per heavy atom. The predicted octanol–water partition coefficient (Wildman–Crippen LogP) is 6.39. The molecule has 0 saturated carbocycles. The van der Waals surface area contributed by atoms with Crippen molar-refractivity contribution in [1.82, 2.24) is 4.90 Å². The predicted molar refractivity (Wildman–Crippen MR) is 149 cm³/mol. The zero-order chi connectivity index (χ0) is 25.1. The fourth-order valence-corrected chi connectivity index (χ4v) is 3.52. The van der Waals surface area contributed by atoms with Crippen LogP contribution < -0.4 is 5.73 Å². The zero-order valence-corrected chi connectivity index (χ0v) is 21.1. The van der Waals surface area contributed by atoms with E-state index in [2.05, 4.69) is 67.3 Å². The number of aliphatic hydroxyl groups is 1. The number of nitrogens with two attached hydrogens (primary N) is 1. The van der Waals surface area contributed by atoms with Crippen LogP contribution in [0.1, 0.15) is 28.7 Å². The van der Waals surface area contributed by atoms with E-state index in [1.807, 2.05) is 72.8 Å². The summed E-state index contributed by atoms with van der Waals surface area (Å²) in [5, 5.41) is 10.1. The van der Waals surface area contributed by atoms with Gasteiger partial charge in [-0.15, -0.1) is 0 Å². The highest BCUT2D eigenvalue weighted by Crippen LogP contribution is 2.11. The summed E-state index contributed by atoms with van der Waals surface area (Å²) in [7, 11) is 0. The maximum absolute atomic E-state index is 10.1. The fraction of sp³-hybridized carbons (Fsp3) is 0.250. The van der Waals surface area contributed by atoms with Crippen LogP contribution >= 0.6 is 0 Å². The molecule has 0 aliphatic rings. The van der Waals surface area contributed by atoms with Gasteiger partial charge < -0.3 is 10.8 Å². The van der Waals surface area contributed by atoms with Gasteiger partial charge in [-0.05, 0) is 37.9 Å². The molecule has 0 spiro atoms. The van der Waals surface area contributed by atoms with Crippen LogP contribution in [0.15, 0.2) is 121 Å². The molecule has 0 amide bonds. The van der Waals surface area contributed by atoms with Crippen molar-refractivity contribution < 1.29 is 5.11 Å². The molecule has 3 N–H and O–H groups in total. The van der Waals surface area contributed by atoms with E-state index in [1.165, 1.54) is 22.3 Å². The summed E-state index contributed by atoms with van der Waals surface area (Å²) in [6, 6.07) is 41.2. The van der Waals surface area contributed by atoms with E-state index in [-0.39, 0.29) is 6.10 Å². The van der Waals surface area contributed by atoms with E-state index in [0.717, 1.165) is 13.1 Å². The molecule has 1 unspecified atom stereocenters. The van der Waals surface area contributed by atoms with Crippen molar-refractivity contribution in [3.05, 3.63) is 144 Å². The van der Waals surface area contributed by atoms with E-state index in [0.29, 0.717) is 19.5 Å². The van der Waals surface area contributed by atoms with E-state index >= 15 is 0 Å². The summed E-state index contributed by atoms with van der Waals surface area (Å²) in [4.78, 5) is 2.27. The highest BCUT2D eigenvalue weighted by Gasteiger charge is 2.12. The molecule has 4 aromatic rings. The Hall–Kier alpha value is -3.24. The summed E-state index contributed by atoms with van der Waals surface area (Å²) >= 11 is 0. The standard InChI is InChI=1S/C18H24N2O.2C7H8/c19-12-11-18(21)15-20(13-16-7-3-1-4-8-16)14-17-9-5-2-6-10-17;2*1-7-5-3-2-4-6-7/h1-10,18,21H,11-15,19H2;2*2-6H,1H3. The van der Waals surface area contributed by atoms with Crippen LogP contribution in [0.3, 0.4) is 0 Å². The first-order valence-corrected chi connectivity index (χ1v) is 12.3. The molecule has 4 aromatic carbocycles. The first-order valence-electron chi connectivity index (χ1n) is 12.3. The molecule has 0 aliphatic heterocycles. The van der Waals surface area contributed by atoms with Gasteiger partial charge in [-0.2, -0.15) is 0 Å². The van der Waals surface area contributed by atoms with Gasteiger partial charge in [0.25, 0.3) is 0 Å². The van der Waals surface area contributed by atoms with Crippen molar-refractivity contribution in [2.45, 2.75) is 39.5 Å². The minimum Gasteiger partial charge on any atom is -0.392 e. The van der Waals surface area contributed by atoms with E-state index < -0.39 is 0 Å². The van der Waals surface area contributed by atoms with Crippen LogP contribution in [0.5, 0.6) is 0 Å². The lowest BCUT2D eigenvalue weighted by Gasteiger charge is -2.25. The maximum Gasteiger partial charge on any atom is 0.0679 e. The van der Waals surface area contributed by atoms with Crippen LogP contribution in [0.2, 0.25) is 0 Å². The molecule has 0 aromatic heterocycles. The van der Waals surface area contributed by atoms with Crippen LogP contribution in [-0.4, -0.2) is 29.2 Å². The van der Waals surface area contributed by atoms with Crippen LogP contribution in [0.4, 0.5) is 0 Å². The van der Waals surface area contributed by atoms with Gasteiger partial charge in [0.15, 0.2) is 0 Å². The first kappa shape index (κ1) is 28.0. The van der Waals surface area contributed by atoms with Crippen molar-refractivity contribution in [2.75, 3.05) is 13.1 Å². The second-order valence-electron chi connectivity index (χ2n) is 8.68. The third kappa shape index (κ3) is 13.3. The van der Waals surface area contributed by atoms with Crippen LogP contribution in [0, 0.1) is 13.8 Å². The smallest absolute Gasteiger partial charge is 0.0679 e. The normalized spacial score (nSPS) is 11.0. The number of rotatable bonds is 8. The van der Waals surface area contributed by atoms with Crippen LogP contribution in [-0.2, 0) is 13.1 Å².